The predicted octanol–water partition coefficient (Wildman–Crippen LogP) is 3.91. The van der Waals surface area contributed by atoms with E-state index in [2.05, 4.69) is 34.7 Å². The fourth-order valence-electron chi connectivity index (χ4n) is 2.36. The summed E-state index contributed by atoms with van der Waals surface area (Å²) in [5, 5.41) is 1.22. The Morgan fingerprint density at radius 2 is 1.79 bits per heavy atom. The van der Waals surface area contributed by atoms with E-state index < -0.39 is 0 Å². The highest BCUT2D eigenvalue weighted by Gasteiger charge is 2.06. The predicted molar refractivity (Wildman–Crippen MR) is 75.8 cm³/mol. The molecule has 0 saturated heterocycles. The van der Waals surface area contributed by atoms with E-state index in [4.69, 9.17) is 0 Å². The van der Waals surface area contributed by atoms with E-state index in [1.54, 1.807) is 6.08 Å². The quantitative estimate of drug-likeness (QED) is 0.500. The van der Waals surface area contributed by atoms with Crippen molar-refractivity contribution in [2.45, 2.75) is 6.92 Å². The number of carbonyl (C=O) groups excluding carboxylic acids is 1. The van der Waals surface area contributed by atoms with E-state index in [0.29, 0.717) is 5.69 Å². The lowest BCUT2D eigenvalue weighted by molar-refractivity contribution is 0.565. The van der Waals surface area contributed by atoms with Crippen molar-refractivity contribution in [1.29, 1.82) is 0 Å². The third kappa shape index (κ3) is 1.96. The van der Waals surface area contributed by atoms with Gasteiger partial charge < -0.3 is 4.57 Å². The van der Waals surface area contributed by atoms with E-state index in [1.165, 1.54) is 16.6 Å². The minimum atomic E-state index is 0.618. The molecule has 0 spiro atoms. The van der Waals surface area contributed by atoms with Gasteiger partial charge >= 0.3 is 0 Å². The number of aliphatic imine (C=N–C) groups is 1. The highest BCUT2D eigenvalue weighted by molar-refractivity contribution is 5.83. The smallest absolute Gasteiger partial charge is 0.240 e. The Bertz CT molecular complexity index is 778. The number of aryl methyl sites for hydroxylation is 1. The summed E-state index contributed by atoms with van der Waals surface area (Å²) in [5.41, 5.74) is 4.02. The number of para-hydroxylation sites is 1. The molecule has 3 aromatic rings. The highest BCUT2D eigenvalue weighted by atomic mass is 16.1. The summed E-state index contributed by atoms with van der Waals surface area (Å²) in [5.74, 6) is 0. The maximum absolute atomic E-state index is 10.2. The van der Waals surface area contributed by atoms with E-state index >= 15 is 0 Å². The lowest BCUT2D eigenvalue weighted by Gasteiger charge is -2.08. The highest BCUT2D eigenvalue weighted by Crippen LogP contribution is 2.25. The van der Waals surface area contributed by atoms with Gasteiger partial charge in [0.15, 0.2) is 0 Å². The van der Waals surface area contributed by atoms with Crippen LogP contribution in [0.25, 0.3) is 16.6 Å². The molecule has 0 unspecified atom stereocenters. The van der Waals surface area contributed by atoms with Gasteiger partial charge in [0, 0.05) is 16.8 Å². The van der Waals surface area contributed by atoms with E-state index in [0.717, 1.165) is 5.69 Å². The second-order valence-electron chi connectivity index (χ2n) is 4.40. The molecule has 0 aliphatic heterocycles. The van der Waals surface area contributed by atoms with Gasteiger partial charge in [0.25, 0.3) is 0 Å². The Morgan fingerprint density at radius 1 is 1.05 bits per heavy atom. The molecule has 19 heavy (non-hydrogen) atoms. The first kappa shape index (κ1) is 11.5. The lowest BCUT2D eigenvalue weighted by atomic mass is 10.2. The van der Waals surface area contributed by atoms with Gasteiger partial charge in [0.05, 0.1) is 11.2 Å². The molecular weight excluding hydrogens is 236 g/mol. The van der Waals surface area contributed by atoms with Crippen LogP contribution in [0, 0.1) is 6.92 Å². The third-order valence-corrected chi connectivity index (χ3v) is 3.18. The molecule has 2 aromatic carbocycles. The standard InChI is InChI=1S/C16H12N2O/c1-12-10-13-4-2-3-5-16(13)18(12)15-8-6-14(7-9-15)17-11-19/h2-10H,1H3. The van der Waals surface area contributed by atoms with E-state index in [1.807, 2.05) is 36.4 Å². The molecule has 0 bridgehead atoms. The Labute approximate surface area is 110 Å². The van der Waals surface area contributed by atoms with Crippen LogP contribution in [0.15, 0.2) is 59.6 Å². The van der Waals surface area contributed by atoms with Crippen molar-refractivity contribution in [3.8, 4) is 5.69 Å². The normalized spacial score (nSPS) is 10.4. The Kier molecular flexibility index (Phi) is 2.75. The number of rotatable bonds is 2. The minimum absolute atomic E-state index is 0.618. The maximum Gasteiger partial charge on any atom is 0.240 e. The number of benzene rings is 2. The number of hydrogen-bond donors (Lipinski definition) is 0. The van der Waals surface area contributed by atoms with Crippen molar-refractivity contribution in [3.63, 3.8) is 0 Å². The van der Waals surface area contributed by atoms with Crippen LogP contribution in [0.1, 0.15) is 5.69 Å². The van der Waals surface area contributed by atoms with E-state index in [-0.39, 0.29) is 0 Å². The number of aromatic nitrogens is 1. The lowest BCUT2D eigenvalue weighted by Crippen LogP contribution is -1.95. The number of isocyanates is 1. The topological polar surface area (TPSA) is 34.4 Å². The van der Waals surface area contributed by atoms with Gasteiger partial charge in [-0.25, -0.2) is 4.79 Å². The zero-order valence-corrected chi connectivity index (χ0v) is 10.5. The summed E-state index contributed by atoms with van der Waals surface area (Å²) in [7, 11) is 0. The van der Waals surface area contributed by atoms with Crippen molar-refractivity contribution in [1.82, 2.24) is 4.57 Å². The molecule has 0 atom stereocenters. The number of nitrogens with zero attached hydrogens (tertiary/aromatic N) is 2. The molecule has 0 aliphatic carbocycles. The summed E-state index contributed by atoms with van der Waals surface area (Å²) in [6, 6.07) is 18.0. The Hall–Kier alpha value is -2.64. The summed E-state index contributed by atoms with van der Waals surface area (Å²) in [4.78, 5) is 13.8. The molecule has 3 rings (SSSR count). The first-order valence-electron chi connectivity index (χ1n) is 6.05. The molecular formula is C16H12N2O. The molecule has 0 amide bonds. The van der Waals surface area contributed by atoms with Crippen LogP contribution >= 0.6 is 0 Å². The molecule has 1 aromatic heterocycles. The van der Waals surface area contributed by atoms with Gasteiger partial charge in [-0.15, -0.1) is 0 Å². The van der Waals surface area contributed by atoms with Crippen LogP contribution in [0.2, 0.25) is 0 Å². The molecule has 0 aliphatic rings. The Balaban J connectivity index is 2.18. The minimum Gasteiger partial charge on any atom is -0.314 e. The van der Waals surface area contributed by atoms with Crippen molar-refractivity contribution in [3.05, 3.63) is 60.3 Å². The van der Waals surface area contributed by atoms with Gasteiger partial charge in [0.1, 0.15) is 0 Å². The fourth-order valence-corrected chi connectivity index (χ4v) is 2.36. The van der Waals surface area contributed by atoms with Crippen molar-refractivity contribution >= 4 is 22.7 Å². The zero-order valence-electron chi connectivity index (χ0n) is 10.5. The average molecular weight is 248 g/mol. The molecule has 0 fully saturated rings. The van der Waals surface area contributed by atoms with Gasteiger partial charge in [-0.2, -0.15) is 4.99 Å². The second kappa shape index (κ2) is 4.56. The van der Waals surface area contributed by atoms with Crippen molar-refractivity contribution in [2.75, 3.05) is 0 Å². The van der Waals surface area contributed by atoms with Crippen LogP contribution in [0.4, 0.5) is 5.69 Å². The van der Waals surface area contributed by atoms with Gasteiger partial charge in [-0.1, -0.05) is 18.2 Å². The van der Waals surface area contributed by atoms with Crippen LogP contribution in [0.3, 0.4) is 0 Å². The van der Waals surface area contributed by atoms with Crippen molar-refractivity contribution < 1.29 is 4.79 Å². The second-order valence-corrected chi connectivity index (χ2v) is 4.40. The number of hydrogen-bond acceptors (Lipinski definition) is 2. The largest absolute Gasteiger partial charge is 0.314 e. The summed E-state index contributed by atoms with van der Waals surface area (Å²) < 4.78 is 2.18. The molecule has 0 radical (unpaired) electrons. The number of fused-ring (bicyclic) bond motifs is 1. The molecule has 0 saturated carbocycles. The van der Waals surface area contributed by atoms with Crippen LogP contribution in [-0.4, -0.2) is 10.6 Å². The van der Waals surface area contributed by atoms with Crippen LogP contribution < -0.4 is 0 Å². The van der Waals surface area contributed by atoms with Crippen molar-refractivity contribution in [2.24, 2.45) is 4.99 Å². The van der Waals surface area contributed by atoms with Crippen LogP contribution in [0.5, 0.6) is 0 Å². The first-order chi connectivity index (χ1) is 9.29. The van der Waals surface area contributed by atoms with E-state index in [9.17, 15) is 4.79 Å². The fraction of sp³-hybridized carbons (Fsp3) is 0.0625. The molecule has 3 nitrogen and oxygen atoms in total. The summed E-state index contributed by atoms with van der Waals surface area (Å²) in [6.45, 7) is 2.08. The summed E-state index contributed by atoms with van der Waals surface area (Å²) >= 11 is 0. The molecule has 1 heterocycles. The van der Waals surface area contributed by atoms with Gasteiger partial charge in [-0.3, -0.25) is 0 Å². The SMILES string of the molecule is Cc1cc2ccccc2n1-c1ccc(N=C=O)cc1. The van der Waals surface area contributed by atoms with Crippen LogP contribution in [-0.2, 0) is 4.79 Å². The molecule has 92 valence electrons. The first-order valence-corrected chi connectivity index (χ1v) is 6.05. The Morgan fingerprint density at radius 3 is 2.53 bits per heavy atom. The zero-order chi connectivity index (χ0) is 13.2. The van der Waals surface area contributed by atoms with Gasteiger partial charge in [-0.05, 0) is 43.3 Å². The van der Waals surface area contributed by atoms with Gasteiger partial charge in [0.2, 0.25) is 6.08 Å². The molecule has 0 N–H and O–H groups in total. The monoisotopic (exact) mass is 248 g/mol. The maximum atomic E-state index is 10.2. The molecule has 3 heteroatoms. The third-order valence-electron chi connectivity index (χ3n) is 3.18. The average Bonchev–Trinajstić information content (AvgIpc) is 2.76. The summed E-state index contributed by atoms with van der Waals surface area (Å²) in [6.07, 6.45) is 1.55.